The number of thioether (sulfide) groups is 2. The minimum absolute atomic E-state index is 0.184. The molecule has 598 valence electrons. The van der Waals surface area contributed by atoms with Gasteiger partial charge in [0.05, 0.1) is 33.5 Å². The Kier molecular flexibility index (Phi) is 49.9. The van der Waals surface area contributed by atoms with Crippen molar-refractivity contribution in [3.63, 3.8) is 0 Å². The van der Waals surface area contributed by atoms with Gasteiger partial charge in [0.15, 0.2) is 25.2 Å². The van der Waals surface area contributed by atoms with Crippen LogP contribution >= 0.6 is 23.5 Å². The topological polar surface area (TPSA) is 145 Å². The molecule has 7 aromatic rings. The van der Waals surface area contributed by atoms with Crippen LogP contribution in [0.25, 0.3) is 0 Å². The number of ether oxygens (including phenoxy) is 11. The summed E-state index contributed by atoms with van der Waals surface area (Å²) in [6.07, 6.45) is 13.8. The minimum Gasteiger partial charge on any atom is -0.497 e. The number of hydrogen-bond acceptors (Lipinski definition) is 15. The summed E-state index contributed by atoms with van der Waals surface area (Å²) in [7, 11) is 1.68. The molecule has 0 heterocycles. The van der Waals surface area contributed by atoms with E-state index < -0.39 is 0 Å². The number of nitrogens with two attached hydrogens (primary N) is 1. The molecular formula is C92H135NO12S2Se. The molecule has 1 aliphatic rings. The van der Waals surface area contributed by atoms with E-state index in [1.54, 1.807) is 18.9 Å². The maximum atomic E-state index is 10.2. The summed E-state index contributed by atoms with van der Waals surface area (Å²) in [5, 5.41) is 2.06. The van der Waals surface area contributed by atoms with Gasteiger partial charge >= 0.3 is 152 Å². The monoisotopic (exact) mass is 1590 g/mol. The summed E-state index contributed by atoms with van der Waals surface area (Å²) in [6, 6.07) is 58.3. The Hall–Kier alpha value is -6.01. The second kappa shape index (κ2) is 57.1. The molecule has 0 saturated heterocycles. The molecule has 0 aliphatic heterocycles. The summed E-state index contributed by atoms with van der Waals surface area (Å²) < 4.78 is 63.3. The van der Waals surface area contributed by atoms with Crippen molar-refractivity contribution in [3.8, 4) is 34.5 Å². The van der Waals surface area contributed by atoms with E-state index in [4.69, 9.17) is 57.8 Å². The number of benzene rings is 7. The van der Waals surface area contributed by atoms with Gasteiger partial charge in [-0.3, -0.25) is 0 Å². The van der Waals surface area contributed by atoms with Crippen LogP contribution in [0.3, 0.4) is 0 Å². The number of carbonyl (C=O) groups is 1. The molecule has 7 aromatic carbocycles. The van der Waals surface area contributed by atoms with Crippen molar-refractivity contribution >= 4 is 49.2 Å². The van der Waals surface area contributed by atoms with Crippen molar-refractivity contribution in [2.24, 2.45) is 5.73 Å². The average molecular weight is 1590 g/mol. The molecule has 8 rings (SSSR count). The molecule has 0 bridgehead atoms. The number of rotatable bonds is 44. The van der Waals surface area contributed by atoms with Crippen LogP contribution in [0.5, 0.6) is 34.5 Å². The molecule has 1 saturated carbocycles. The molecule has 0 radical (unpaired) electrons. The van der Waals surface area contributed by atoms with Gasteiger partial charge in [-0.05, 0) is 185 Å². The van der Waals surface area contributed by atoms with E-state index in [1.807, 2.05) is 95.3 Å². The summed E-state index contributed by atoms with van der Waals surface area (Å²) >= 11 is 4.37. The number of methoxy groups -OCH3 is 1. The largest absolute Gasteiger partial charge is 0.497 e. The first-order valence-corrected chi connectivity index (χ1v) is 44.0. The molecule has 16 heteroatoms. The van der Waals surface area contributed by atoms with Crippen LogP contribution in [-0.4, -0.2) is 116 Å². The number of carbonyl (C=O) groups excluding carboxylic acids is 1. The van der Waals surface area contributed by atoms with E-state index in [1.165, 1.54) is 86.6 Å². The van der Waals surface area contributed by atoms with Crippen molar-refractivity contribution < 1.29 is 56.9 Å². The van der Waals surface area contributed by atoms with Crippen LogP contribution < -0.4 is 38.6 Å². The molecular weight excluding hydrogens is 1450 g/mol. The van der Waals surface area contributed by atoms with Crippen LogP contribution in [0.4, 0.5) is 0 Å². The van der Waals surface area contributed by atoms with Crippen LogP contribution in [-0.2, 0) is 28.5 Å². The Morgan fingerprint density at radius 2 is 0.731 bits per heavy atom. The second-order valence-corrected chi connectivity index (χ2v) is 32.6. The van der Waals surface area contributed by atoms with E-state index in [0.29, 0.717) is 77.3 Å². The van der Waals surface area contributed by atoms with Crippen molar-refractivity contribution in [1.29, 1.82) is 0 Å². The molecule has 10 unspecified atom stereocenters. The third kappa shape index (κ3) is 40.8. The number of aldehydes is 1. The Morgan fingerprint density at radius 3 is 1.06 bits per heavy atom. The molecule has 0 amide bonds. The number of hydrogen-bond donors (Lipinski definition) is 1. The van der Waals surface area contributed by atoms with Gasteiger partial charge in [0.2, 0.25) is 0 Å². The van der Waals surface area contributed by atoms with Crippen molar-refractivity contribution in [3.05, 3.63) is 203 Å². The molecule has 0 spiro atoms. The molecule has 2 N–H and O–H groups in total. The van der Waals surface area contributed by atoms with E-state index >= 15 is 0 Å². The molecule has 10 atom stereocenters. The van der Waals surface area contributed by atoms with Crippen molar-refractivity contribution in [1.82, 2.24) is 0 Å². The van der Waals surface area contributed by atoms with Gasteiger partial charge in [-0.1, -0.05) is 130 Å². The SMILES string of the molecule is CCC(C)c1ccc(OC(C)OCCC=O)cc1.CCC(C)c1ccc(OC(C)OCCC[Se]c2ccc(C)cc2)cc1.CCC(C)c1ccc(OC(C)OCCN)cc1.CCC(C)c1ccc(OC(C)OCCSC2CCCCC2)cc1.CCC(C)c1ccc(OC(C)OCCSc2ccc(OC)cc2)cc1. The number of aryl methyl sites for hydroxylation is 1. The van der Waals surface area contributed by atoms with Crippen LogP contribution in [0.1, 0.15) is 244 Å². The standard InChI is InChI=1S/C22H30O2Se.C21H28O3S.C20H32O2S.C15H22O3.C14H23NO2/c1-5-18(3)20-9-11-21(12-10-20)24-19(4)23-15-6-16-25-22-13-7-17(2)8-14-22;1-5-16(2)18-6-8-20(9-7-18)24-17(3)23-14-15-25-21-12-10-19(22-4)11-13-21;1-4-16(2)18-10-12-19(13-11-18)22-17(3)21-14-15-23-20-8-6-5-7-9-20;1-4-12(2)14-6-8-15(9-7-14)18-13(3)17-11-5-10-16;1-4-11(2)13-5-7-14(8-6-13)17-12(3)16-10-9-15/h7-14,18-19H,5-6,15-16H2,1-4H3;6-13,16-17H,5,14-15H2,1-4H3;10-13,16-17,20H,4-9,14-15H2,1-3H3;6-10,12-13H,4-5,11H2,1-3H3;5-8,11-12H,4,9-10,15H2,1-3H3. The van der Waals surface area contributed by atoms with Gasteiger partial charge in [-0.25, -0.2) is 0 Å². The molecule has 1 fully saturated rings. The van der Waals surface area contributed by atoms with Gasteiger partial charge in [-0.2, -0.15) is 11.8 Å². The molecule has 13 nitrogen and oxygen atoms in total. The normalized spacial score (nSPS) is 14.7. The van der Waals surface area contributed by atoms with Crippen LogP contribution in [0.2, 0.25) is 5.32 Å². The van der Waals surface area contributed by atoms with Gasteiger partial charge in [0.1, 0.15) is 35.0 Å². The van der Waals surface area contributed by atoms with E-state index in [9.17, 15) is 4.79 Å². The molecule has 1 aliphatic carbocycles. The second-order valence-electron chi connectivity index (χ2n) is 27.6. The molecule has 0 aromatic heterocycles. The smallest absolute Gasteiger partial charge is 0.197 e. The summed E-state index contributed by atoms with van der Waals surface area (Å²) in [5.41, 5.74) is 13.4. The summed E-state index contributed by atoms with van der Waals surface area (Å²) in [5.74, 6) is 10.0. The fourth-order valence-electron chi connectivity index (χ4n) is 11.0. The fraction of sp³-hybridized carbons (Fsp3) is 0.533. The third-order valence-electron chi connectivity index (χ3n) is 18.9. The van der Waals surface area contributed by atoms with Crippen LogP contribution in [0, 0.1) is 6.92 Å². The Balaban J connectivity index is 0.000000288. The zero-order valence-electron chi connectivity index (χ0n) is 68.6. The molecule has 108 heavy (non-hydrogen) atoms. The quantitative estimate of drug-likeness (QED) is 0.0127. The van der Waals surface area contributed by atoms with Crippen molar-refractivity contribution in [2.75, 3.05) is 58.2 Å². The van der Waals surface area contributed by atoms with Gasteiger partial charge in [0.25, 0.3) is 0 Å². The van der Waals surface area contributed by atoms with Crippen LogP contribution in [0.15, 0.2) is 175 Å². The Bertz CT molecular complexity index is 3330. The fourth-order valence-corrected chi connectivity index (χ4v) is 14.7. The summed E-state index contributed by atoms with van der Waals surface area (Å²) in [4.78, 5) is 11.4. The third-order valence-corrected chi connectivity index (χ3v) is 23.5. The average Bonchev–Trinajstić information content (AvgIpc) is 0.906. The Morgan fingerprint density at radius 1 is 0.407 bits per heavy atom. The van der Waals surface area contributed by atoms with Gasteiger partial charge in [0, 0.05) is 34.6 Å². The maximum absolute atomic E-state index is 10.2. The van der Waals surface area contributed by atoms with E-state index in [0.717, 1.165) is 103 Å². The predicted octanol–water partition coefficient (Wildman–Crippen LogP) is 23.3. The zero-order chi connectivity index (χ0) is 78.7. The van der Waals surface area contributed by atoms with Crippen molar-refractivity contribution in [2.45, 2.75) is 264 Å². The zero-order valence-corrected chi connectivity index (χ0v) is 72.0. The predicted molar refractivity (Wildman–Crippen MR) is 455 cm³/mol. The van der Waals surface area contributed by atoms with E-state index in [2.05, 4.69) is 197 Å². The van der Waals surface area contributed by atoms with E-state index in [-0.39, 0.29) is 31.5 Å². The van der Waals surface area contributed by atoms with Gasteiger partial charge in [-0.15, -0.1) is 11.8 Å². The first kappa shape index (κ1) is 94.4. The summed E-state index contributed by atoms with van der Waals surface area (Å²) in [6.45, 7) is 37.5. The Labute approximate surface area is 667 Å². The van der Waals surface area contributed by atoms with Gasteiger partial charge < -0.3 is 53.2 Å². The maximum Gasteiger partial charge on any atom is 0.197 e. The first-order chi connectivity index (χ1) is 52.2. The first-order valence-electron chi connectivity index (χ1n) is 39.9. The minimum atomic E-state index is -0.334.